The number of sulfonamides is 1. The molecule has 1 fully saturated rings. The summed E-state index contributed by atoms with van der Waals surface area (Å²) in [5, 5.41) is 7.68. The zero-order valence-corrected chi connectivity index (χ0v) is 20.0. The molecule has 1 aliphatic heterocycles. The third-order valence-corrected chi connectivity index (χ3v) is 6.63. The maximum Gasteiger partial charge on any atom is 0.214 e. The van der Waals surface area contributed by atoms with Gasteiger partial charge in [0.05, 0.1) is 5.75 Å². The van der Waals surface area contributed by atoms with Crippen molar-refractivity contribution in [1.29, 1.82) is 0 Å². The first-order valence-corrected chi connectivity index (χ1v) is 11.2. The average Bonchev–Trinajstić information content (AvgIpc) is 2.91. The standard InChI is InChI=1S/C17H26Cl2N4O2S.HI/c1-2-20-17(22-9-11-23-10-4-12-26(23,24)25)21-8-3-5-14-6-7-15(18)13-16(14)19;/h6-7,13H,2-5,8-12H2,1H3,(H2,20,21,22);1H. The van der Waals surface area contributed by atoms with Crippen LogP contribution in [0.5, 0.6) is 0 Å². The van der Waals surface area contributed by atoms with Gasteiger partial charge < -0.3 is 10.6 Å². The van der Waals surface area contributed by atoms with Crippen molar-refractivity contribution in [2.45, 2.75) is 26.2 Å². The minimum atomic E-state index is -3.04. The van der Waals surface area contributed by atoms with Gasteiger partial charge in [-0.05, 0) is 43.9 Å². The monoisotopic (exact) mass is 548 g/mol. The summed E-state index contributed by atoms with van der Waals surface area (Å²) < 4.78 is 25.1. The average molecular weight is 549 g/mol. The lowest BCUT2D eigenvalue weighted by Crippen LogP contribution is -2.42. The van der Waals surface area contributed by atoms with Gasteiger partial charge in [0.25, 0.3) is 0 Å². The third-order valence-electron chi connectivity index (χ3n) is 4.09. The van der Waals surface area contributed by atoms with Crippen molar-refractivity contribution in [1.82, 2.24) is 14.9 Å². The van der Waals surface area contributed by atoms with Gasteiger partial charge in [0.1, 0.15) is 0 Å². The molecule has 0 amide bonds. The van der Waals surface area contributed by atoms with E-state index in [0.29, 0.717) is 48.6 Å². The number of benzene rings is 1. The summed E-state index contributed by atoms with van der Waals surface area (Å²) in [6.07, 6.45) is 2.40. The minimum Gasteiger partial charge on any atom is -0.357 e. The van der Waals surface area contributed by atoms with Crippen molar-refractivity contribution in [3.05, 3.63) is 33.8 Å². The minimum absolute atomic E-state index is 0. The first-order valence-electron chi connectivity index (χ1n) is 8.86. The molecule has 6 nitrogen and oxygen atoms in total. The molecule has 0 aromatic heterocycles. The Bertz CT molecular complexity index is 732. The van der Waals surface area contributed by atoms with Gasteiger partial charge in [-0.1, -0.05) is 29.3 Å². The highest BCUT2D eigenvalue weighted by Gasteiger charge is 2.27. The molecule has 0 radical (unpaired) electrons. The van der Waals surface area contributed by atoms with Crippen LogP contribution in [0.4, 0.5) is 0 Å². The number of hydrogen-bond acceptors (Lipinski definition) is 3. The number of nitrogens with one attached hydrogen (secondary N) is 2. The summed E-state index contributed by atoms with van der Waals surface area (Å²) in [7, 11) is -3.04. The highest BCUT2D eigenvalue weighted by atomic mass is 127. The van der Waals surface area contributed by atoms with Gasteiger partial charge in [0.15, 0.2) is 5.96 Å². The van der Waals surface area contributed by atoms with Crippen molar-refractivity contribution < 1.29 is 8.42 Å². The van der Waals surface area contributed by atoms with Gasteiger partial charge in [-0.15, -0.1) is 24.0 Å². The largest absolute Gasteiger partial charge is 0.357 e. The van der Waals surface area contributed by atoms with Crippen molar-refractivity contribution in [2.24, 2.45) is 4.99 Å². The lowest BCUT2D eigenvalue weighted by Gasteiger charge is -2.16. The lowest BCUT2D eigenvalue weighted by atomic mass is 10.1. The predicted octanol–water partition coefficient (Wildman–Crippen LogP) is 3.13. The zero-order chi connectivity index (χ0) is 19.0. The molecule has 0 atom stereocenters. The van der Waals surface area contributed by atoms with Gasteiger partial charge >= 0.3 is 0 Å². The fourth-order valence-electron chi connectivity index (χ4n) is 2.77. The Morgan fingerprint density at radius 2 is 2.07 bits per heavy atom. The van der Waals surface area contributed by atoms with Crippen LogP contribution in [0.1, 0.15) is 25.3 Å². The molecule has 0 spiro atoms. The van der Waals surface area contributed by atoms with E-state index in [4.69, 9.17) is 23.2 Å². The smallest absolute Gasteiger partial charge is 0.214 e. The van der Waals surface area contributed by atoms with E-state index in [1.165, 1.54) is 4.31 Å². The molecular formula is C17H27Cl2IN4O2S. The molecule has 2 N–H and O–H groups in total. The molecule has 27 heavy (non-hydrogen) atoms. The van der Waals surface area contributed by atoms with Crippen LogP contribution in [0.15, 0.2) is 23.2 Å². The van der Waals surface area contributed by atoms with Gasteiger partial charge in [-0.25, -0.2) is 12.7 Å². The predicted molar refractivity (Wildman–Crippen MR) is 124 cm³/mol. The molecule has 0 aliphatic carbocycles. The second-order valence-corrected chi connectivity index (χ2v) is 9.03. The maximum atomic E-state index is 11.8. The Kier molecular flexibility index (Phi) is 11.3. The highest BCUT2D eigenvalue weighted by molar-refractivity contribution is 14.0. The van der Waals surface area contributed by atoms with Crippen molar-refractivity contribution in [3.8, 4) is 0 Å². The summed E-state index contributed by atoms with van der Waals surface area (Å²) in [6, 6.07) is 5.53. The number of guanidine groups is 1. The quantitative estimate of drug-likeness (QED) is 0.226. The summed E-state index contributed by atoms with van der Waals surface area (Å²) in [5.41, 5.74) is 1.06. The highest BCUT2D eigenvalue weighted by Crippen LogP contribution is 2.22. The fraction of sp³-hybridized carbons (Fsp3) is 0.588. The topological polar surface area (TPSA) is 73.8 Å². The molecule has 154 valence electrons. The first-order chi connectivity index (χ1) is 12.4. The van der Waals surface area contributed by atoms with Gasteiger partial charge in [0, 0.05) is 42.8 Å². The molecule has 1 saturated heterocycles. The molecular weight excluding hydrogens is 522 g/mol. The number of rotatable bonds is 8. The van der Waals surface area contributed by atoms with Crippen LogP contribution in [-0.2, 0) is 16.4 Å². The van der Waals surface area contributed by atoms with Gasteiger partial charge in [0.2, 0.25) is 10.0 Å². The van der Waals surface area contributed by atoms with E-state index in [0.717, 1.165) is 24.9 Å². The Morgan fingerprint density at radius 3 is 2.70 bits per heavy atom. The molecule has 2 rings (SSSR count). The fourth-order valence-corrected chi connectivity index (χ4v) is 4.80. The number of nitrogens with zero attached hydrogens (tertiary/aromatic N) is 2. The number of aryl methyl sites for hydroxylation is 1. The second kappa shape index (κ2) is 12.3. The molecule has 1 aliphatic rings. The molecule has 0 bridgehead atoms. The van der Waals surface area contributed by atoms with Crippen LogP contribution in [0.25, 0.3) is 0 Å². The van der Waals surface area contributed by atoms with Gasteiger partial charge in [-0.3, -0.25) is 4.99 Å². The van der Waals surface area contributed by atoms with Crippen LogP contribution in [0.3, 0.4) is 0 Å². The van der Waals surface area contributed by atoms with E-state index in [1.807, 2.05) is 19.1 Å². The Morgan fingerprint density at radius 1 is 1.30 bits per heavy atom. The second-order valence-electron chi connectivity index (χ2n) is 6.10. The molecule has 1 aromatic carbocycles. The van der Waals surface area contributed by atoms with Crippen molar-refractivity contribution >= 4 is 63.2 Å². The number of hydrogen-bond donors (Lipinski definition) is 2. The molecule has 1 heterocycles. The van der Waals surface area contributed by atoms with Crippen LogP contribution < -0.4 is 10.6 Å². The van der Waals surface area contributed by atoms with Crippen LogP contribution in [0, 0.1) is 0 Å². The summed E-state index contributed by atoms with van der Waals surface area (Å²) in [5.74, 6) is 0.959. The summed E-state index contributed by atoms with van der Waals surface area (Å²) in [4.78, 5) is 4.53. The van der Waals surface area contributed by atoms with E-state index in [9.17, 15) is 8.42 Å². The molecule has 0 unspecified atom stereocenters. The van der Waals surface area contributed by atoms with Gasteiger partial charge in [-0.2, -0.15) is 0 Å². The lowest BCUT2D eigenvalue weighted by molar-refractivity contribution is 0.445. The van der Waals surface area contributed by atoms with Crippen molar-refractivity contribution in [3.63, 3.8) is 0 Å². The van der Waals surface area contributed by atoms with E-state index in [-0.39, 0.29) is 29.7 Å². The van der Waals surface area contributed by atoms with E-state index >= 15 is 0 Å². The maximum absolute atomic E-state index is 11.8. The van der Waals surface area contributed by atoms with Crippen LogP contribution in [-0.4, -0.2) is 57.2 Å². The Balaban J connectivity index is 0.00000364. The van der Waals surface area contributed by atoms with E-state index in [1.54, 1.807) is 6.07 Å². The van der Waals surface area contributed by atoms with Crippen molar-refractivity contribution in [2.75, 3.05) is 38.5 Å². The first kappa shape index (κ1) is 24.7. The van der Waals surface area contributed by atoms with Crippen LogP contribution in [0.2, 0.25) is 10.0 Å². The Hall–Kier alpha value is -0.290. The molecule has 0 saturated carbocycles. The SMILES string of the molecule is CCNC(=NCCCc1ccc(Cl)cc1Cl)NCCN1CCCS1(=O)=O.I. The number of halogens is 3. The Labute approximate surface area is 189 Å². The summed E-state index contributed by atoms with van der Waals surface area (Å²) >= 11 is 12.1. The normalized spacial score (nSPS) is 16.8. The molecule has 10 heteroatoms. The van der Waals surface area contributed by atoms with Crippen LogP contribution >= 0.6 is 47.2 Å². The summed E-state index contributed by atoms with van der Waals surface area (Å²) in [6.45, 7) is 5.00. The number of aliphatic imine (C=N–C) groups is 1. The van der Waals surface area contributed by atoms with E-state index in [2.05, 4.69) is 15.6 Å². The molecule has 1 aromatic rings. The van der Waals surface area contributed by atoms with E-state index < -0.39 is 10.0 Å². The zero-order valence-electron chi connectivity index (χ0n) is 15.4. The third kappa shape index (κ3) is 8.31.